The number of carbonyl (C=O) groups is 1. The van der Waals surface area contributed by atoms with Crippen LogP contribution in [0.4, 0.5) is 5.69 Å². The number of carbonyl (C=O) groups excluding carboxylic acids is 1. The SMILES string of the molecule is CCC(Nc1ccccc1)C(=O)NN=Cc1c(O)ccc2ccccc12. The Kier molecular flexibility index (Phi) is 5.49. The number of nitrogens with one attached hydrogen (secondary N) is 2. The van der Waals surface area contributed by atoms with Crippen molar-refractivity contribution in [1.82, 2.24) is 5.43 Å². The Bertz CT molecular complexity index is 923. The normalized spacial score (nSPS) is 12.2. The van der Waals surface area contributed by atoms with Gasteiger partial charge in [-0.1, -0.05) is 55.5 Å². The Morgan fingerprint density at radius 3 is 2.58 bits per heavy atom. The number of aromatic hydroxyl groups is 1. The summed E-state index contributed by atoms with van der Waals surface area (Å²) in [5.74, 6) is -0.108. The van der Waals surface area contributed by atoms with Crippen molar-refractivity contribution in [2.45, 2.75) is 19.4 Å². The van der Waals surface area contributed by atoms with Gasteiger partial charge in [0.05, 0.1) is 6.21 Å². The van der Waals surface area contributed by atoms with E-state index in [0.29, 0.717) is 12.0 Å². The molecule has 1 atom stereocenters. The van der Waals surface area contributed by atoms with Gasteiger partial charge in [0.15, 0.2) is 0 Å². The predicted octanol–water partition coefficient (Wildman–Crippen LogP) is 3.89. The number of para-hydroxylation sites is 1. The van der Waals surface area contributed by atoms with Crippen LogP contribution in [-0.2, 0) is 4.79 Å². The molecule has 3 N–H and O–H groups in total. The molecule has 0 fully saturated rings. The van der Waals surface area contributed by atoms with Crippen LogP contribution in [0.5, 0.6) is 5.75 Å². The number of anilines is 1. The maximum absolute atomic E-state index is 12.4. The van der Waals surface area contributed by atoms with Crippen LogP contribution in [0.1, 0.15) is 18.9 Å². The van der Waals surface area contributed by atoms with Crippen molar-refractivity contribution in [3.8, 4) is 5.75 Å². The van der Waals surface area contributed by atoms with Gasteiger partial charge >= 0.3 is 0 Å². The van der Waals surface area contributed by atoms with Gasteiger partial charge in [0.1, 0.15) is 11.8 Å². The Morgan fingerprint density at radius 2 is 1.81 bits per heavy atom. The number of amides is 1. The van der Waals surface area contributed by atoms with Gasteiger partial charge in [-0.05, 0) is 35.4 Å². The third-order valence-electron chi connectivity index (χ3n) is 4.16. The molecule has 3 aromatic rings. The smallest absolute Gasteiger partial charge is 0.262 e. The molecule has 5 nitrogen and oxygen atoms in total. The van der Waals surface area contributed by atoms with E-state index in [1.54, 1.807) is 6.07 Å². The Morgan fingerprint density at radius 1 is 1.08 bits per heavy atom. The summed E-state index contributed by atoms with van der Waals surface area (Å²) in [6.07, 6.45) is 2.10. The molecule has 0 aliphatic carbocycles. The van der Waals surface area contributed by atoms with Gasteiger partial charge in [-0.2, -0.15) is 5.10 Å². The van der Waals surface area contributed by atoms with Gasteiger partial charge < -0.3 is 10.4 Å². The summed E-state index contributed by atoms with van der Waals surface area (Å²) >= 11 is 0. The van der Waals surface area contributed by atoms with Crippen molar-refractivity contribution in [2.24, 2.45) is 5.10 Å². The zero-order valence-electron chi connectivity index (χ0n) is 14.5. The number of hydrogen-bond donors (Lipinski definition) is 3. The van der Waals surface area contributed by atoms with Crippen molar-refractivity contribution >= 4 is 28.6 Å². The number of rotatable bonds is 6. The molecule has 0 saturated heterocycles. The second-order valence-electron chi connectivity index (χ2n) is 5.92. The van der Waals surface area contributed by atoms with E-state index in [9.17, 15) is 9.90 Å². The Hall–Kier alpha value is -3.34. The minimum absolute atomic E-state index is 0.121. The lowest BCUT2D eigenvalue weighted by Crippen LogP contribution is -2.36. The van der Waals surface area contributed by atoms with E-state index in [-0.39, 0.29) is 11.7 Å². The standard InChI is InChI=1S/C21H21N3O2/c1-2-19(23-16-9-4-3-5-10-16)21(26)24-22-14-18-17-11-7-6-8-15(17)12-13-20(18)25/h3-14,19,23,25H,2H2,1H3,(H,24,26). The lowest BCUT2D eigenvalue weighted by atomic mass is 10.0. The summed E-state index contributed by atoms with van der Waals surface area (Å²) in [4.78, 5) is 12.4. The molecular formula is C21H21N3O2. The fourth-order valence-electron chi connectivity index (χ4n) is 2.75. The van der Waals surface area contributed by atoms with E-state index >= 15 is 0 Å². The maximum atomic E-state index is 12.4. The third-order valence-corrected chi connectivity index (χ3v) is 4.16. The molecule has 0 heterocycles. The molecule has 0 radical (unpaired) electrons. The zero-order valence-corrected chi connectivity index (χ0v) is 14.5. The Labute approximate surface area is 152 Å². The highest BCUT2D eigenvalue weighted by molar-refractivity contribution is 6.02. The summed E-state index contributed by atoms with van der Waals surface area (Å²) in [7, 11) is 0. The quantitative estimate of drug-likeness (QED) is 0.468. The van der Waals surface area contributed by atoms with Crippen LogP contribution in [0, 0.1) is 0 Å². The molecule has 0 saturated carbocycles. The minimum Gasteiger partial charge on any atom is -0.507 e. The van der Waals surface area contributed by atoms with Crippen LogP contribution in [-0.4, -0.2) is 23.3 Å². The van der Waals surface area contributed by atoms with E-state index in [1.807, 2.05) is 67.6 Å². The number of phenolic OH excluding ortho intramolecular Hbond substituents is 1. The highest BCUT2D eigenvalue weighted by atomic mass is 16.3. The molecule has 1 amide bonds. The Balaban J connectivity index is 1.71. The molecule has 0 bridgehead atoms. The minimum atomic E-state index is -0.393. The third kappa shape index (κ3) is 4.00. The van der Waals surface area contributed by atoms with Gasteiger partial charge in [0, 0.05) is 11.3 Å². The predicted molar refractivity (Wildman–Crippen MR) is 105 cm³/mol. The second-order valence-corrected chi connectivity index (χ2v) is 5.92. The fraction of sp³-hybridized carbons (Fsp3) is 0.143. The van der Waals surface area contributed by atoms with Crippen molar-refractivity contribution in [3.63, 3.8) is 0 Å². The molecule has 3 rings (SSSR count). The van der Waals surface area contributed by atoms with Crippen molar-refractivity contribution in [3.05, 3.63) is 72.3 Å². The molecule has 1 unspecified atom stereocenters. The maximum Gasteiger partial charge on any atom is 0.262 e. The zero-order chi connectivity index (χ0) is 18.4. The molecule has 5 heteroatoms. The fourth-order valence-corrected chi connectivity index (χ4v) is 2.75. The topological polar surface area (TPSA) is 73.7 Å². The molecule has 3 aromatic carbocycles. The average molecular weight is 347 g/mol. The van der Waals surface area contributed by atoms with Crippen LogP contribution < -0.4 is 10.7 Å². The summed E-state index contributed by atoms with van der Waals surface area (Å²) in [5, 5.41) is 19.2. The van der Waals surface area contributed by atoms with Gasteiger partial charge in [0.2, 0.25) is 0 Å². The van der Waals surface area contributed by atoms with E-state index in [1.165, 1.54) is 6.21 Å². The first kappa shape index (κ1) is 17.5. The lowest BCUT2D eigenvalue weighted by molar-refractivity contribution is -0.121. The van der Waals surface area contributed by atoms with E-state index in [4.69, 9.17) is 0 Å². The first-order valence-electron chi connectivity index (χ1n) is 8.54. The number of benzene rings is 3. The molecule has 0 aliphatic rings. The van der Waals surface area contributed by atoms with Gasteiger partial charge in [-0.3, -0.25) is 4.79 Å². The van der Waals surface area contributed by atoms with E-state index in [2.05, 4.69) is 15.8 Å². The number of fused-ring (bicyclic) bond motifs is 1. The van der Waals surface area contributed by atoms with Crippen molar-refractivity contribution < 1.29 is 9.90 Å². The number of phenols is 1. The molecule has 26 heavy (non-hydrogen) atoms. The monoisotopic (exact) mass is 347 g/mol. The molecule has 0 spiro atoms. The number of hydrogen-bond acceptors (Lipinski definition) is 4. The highest BCUT2D eigenvalue weighted by Crippen LogP contribution is 2.25. The van der Waals surface area contributed by atoms with E-state index in [0.717, 1.165) is 16.5 Å². The highest BCUT2D eigenvalue weighted by Gasteiger charge is 2.15. The van der Waals surface area contributed by atoms with Gasteiger partial charge in [-0.15, -0.1) is 0 Å². The summed E-state index contributed by atoms with van der Waals surface area (Å²) in [5.41, 5.74) is 4.01. The second kappa shape index (κ2) is 8.16. The van der Waals surface area contributed by atoms with Gasteiger partial charge in [0.25, 0.3) is 5.91 Å². The largest absolute Gasteiger partial charge is 0.507 e. The summed E-state index contributed by atoms with van der Waals surface area (Å²) < 4.78 is 0. The number of hydrazone groups is 1. The van der Waals surface area contributed by atoms with Crippen molar-refractivity contribution in [1.29, 1.82) is 0 Å². The molecular weight excluding hydrogens is 326 g/mol. The molecule has 132 valence electrons. The first-order valence-corrected chi connectivity index (χ1v) is 8.54. The summed E-state index contributed by atoms with van der Waals surface area (Å²) in [6.45, 7) is 1.93. The van der Waals surface area contributed by atoms with Gasteiger partial charge in [-0.25, -0.2) is 5.43 Å². The van der Waals surface area contributed by atoms with Crippen LogP contribution in [0.25, 0.3) is 10.8 Å². The van der Waals surface area contributed by atoms with Crippen LogP contribution in [0.3, 0.4) is 0 Å². The molecule has 0 aliphatic heterocycles. The van der Waals surface area contributed by atoms with Crippen LogP contribution in [0.15, 0.2) is 71.8 Å². The molecule has 0 aromatic heterocycles. The average Bonchev–Trinajstić information content (AvgIpc) is 2.68. The van der Waals surface area contributed by atoms with Crippen LogP contribution >= 0.6 is 0 Å². The van der Waals surface area contributed by atoms with E-state index < -0.39 is 6.04 Å². The number of nitrogens with zero attached hydrogens (tertiary/aromatic N) is 1. The first-order chi connectivity index (χ1) is 12.7. The summed E-state index contributed by atoms with van der Waals surface area (Å²) in [6, 6.07) is 20.3. The lowest BCUT2D eigenvalue weighted by Gasteiger charge is -2.16. The van der Waals surface area contributed by atoms with Crippen molar-refractivity contribution in [2.75, 3.05) is 5.32 Å². The van der Waals surface area contributed by atoms with Crippen LogP contribution in [0.2, 0.25) is 0 Å².